The van der Waals surface area contributed by atoms with Crippen LogP contribution in [0, 0.1) is 0 Å². The van der Waals surface area contributed by atoms with E-state index in [0.717, 1.165) is 12.8 Å². The van der Waals surface area contributed by atoms with Gasteiger partial charge in [0.2, 0.25) is 10.0 Å². The fraction of sp³-hybridized carbons (Fsp3) is 0.917. The number of hydrogen-bond donors (Lipinski definition) is 1. The minimum Gasteiger partial charge on any atom is -0.392 e. The minimum absolute atomic E-state index is 0.0213. The smallest absolute Gasteiger partial charge is 0.216 e. The van der Waals surface area contributed by atoms with Crippen molar-refractivity contribution in [2.75, 3.05) is 38.5 Å². The van der Waals surface area contributed by atoms with Crippen molar-refractivity contribution in [1.29, 1.82) is 0 Å². The zero-order valence-electron chi connectivity index (χ0n) is 11.8. The van der Waals surface area contributed by atoms with Crippen LogP contribution in [0.1, 0.15) is 19.8 Å². The van der Waals surface area contributed by atoms with Crippen LogP contribution in [0.2, 0.25) is 0 Å². The molecule has 0 aromatic rings. The SMILES string of the molecule is CC(C(N)=S)N1CCN(S(=O)(=O)CC2CCCO2)CC1. The second kappa shape index (κ2) is 6.65. The van der Waals surface area contributed by atoms with Crippen molar-refractivity contribution in [2.45, 2.75) is 31.9 Å². The van der Waals surface area contributed by atoms with Crippen molar-refractivity contribution >= 4 is 27.2 Å². The van der Waals surface area contributed by atoms with Crippen LogP contribution in [0.15, 0.2) is 0 Å². The van der Waals surface area contributed by atoms with Gasteiger partial charge in [-0.05, 0) is 19.8 Å². The number of nitrogens with zero attached hydrogens (tertiary/aromatic N) is 2. The van der Waals surface area contributed by atoms with Crippen LogP contribution in [0.4, 0.5) is 0 Å². The monoisotopic (exact) mass is 321 g/mol. The van der Waals surface area contributed by atoms with Crippen molar-refractivity contribution in [2.24, 2.45) is 5.73 Å². The largest absolute Gasteiger partial charge is 0.392 e. The van der Waals surface area contributed by atoms with E-state index in [1.807, 2.05) is 6.92 Å². The van der Waals surface area contributed by atoms with Crippen LogP contribution in [0.25, 0.3) is 0 Å². The molecule has 0 saturated carbocycles. The van der Waals surface area contributed by atoms with Gasteiger partial charge in [-0.25, -0.2) is 8.42 Å². The highest BCUT2D eigenvalue weighted by Gasteiger charge is 2.32. The highest BCUT2D eigenvalue weighted by molar-refractivity contribution is 7.89. The van der Waals surface area contributed by atoms with Crippen LogP contribution in [0.3, 0.4) is 0 Å². The molecule has 2 rings (SSSR count). The molecule has 20 heavy (non-hydrogen) atoms. The lowest BCUT2D eigenvalue weighted by atomic mass is 10.2. The average molecular weight is 321 g/mol. The molecule has 2 unspecified atom stereocenters. The molecule has 6 nitrogen and oxygen atoms in total. The molecule has 2 saturated heterocycles. The lowest BCUT2D eigenvalue weighted by molar-refractivity contribution is 0.124. The Labute approximate surface area is 126 Å². The Balaban J connectivity index is 1.87. The van der Waals surface area contributed by atoms with E-state index >= 15 is 0 Å². The van der Waals surface area contributed by atoms with Crippen molar-refractivity contribution in [1.82, 2.24) is 9.21 Å². The summed E-state index contributed by atoms with van der Waals surface area (Å²) in [4.78, 5) is 2.58. The summed E-state index contributed by atoms with van der Waals surface area (Å²) in [7, 11) is -3.22. The highest BCUT2D eigenvalue weighted by Crippen LogP contribution is 2.17. The number of piperazine rings is 1. The third kappa shape index (κ3) is 3.88. The van der Waals surface area contributed by atoms with Gasteiger partial charge in [-0.2, -0.15) is 4.31 Å². The van der Waals surface area contributed by atoms with Gasteiger partial charge in [0.25, 0.3) is 0 Å². The predicted octanol–water partition coefficient (Wildman–Crippen LogP) is -0.213. The molecule has 0 aromatic heterocycles. The molecule has 2 fully saturated rings. The molecular formula is C12H23N3O3S2. The highest BCUT2D eigenvalue weighted by atomic mass is 32.2. The Morgan fingerprint density at radius 2 is 2.05 bits per heavy atom. The average Bonchev–Trinajstić information content (AvgIpc) is 2.90. The Morgan fingerprint density at radius 3 is 2.55 bits per heavy atom. The maximum absolute atomic E-state index is 12.3. The predicted molar refractivity (Wildman–Crippen MR) is 82.2 cm³/mol. The summed E-state index contributed by atoms with van der Waals surface area (Å²) in [6.07, 6.45) is 1.67. The van der Waals surface area contributed by atoms with Gasteiger partial charge in [-0.1, -0.05) is 12.2 Å². The summed E-state index contributed by atoms with van der Waals surface area (Å²) in [6, 6.07) is 0.0213. The lowest BCUT2D eigenvalue weighted by Crippen LogP contribution is -2.54. The summed E-state index contributed by atoms with van der Waals surface area (Å²) in [5.41, 5.74) is 5.64. The molecule has 0 amide bonds. The van der Waals surface area contributed by atoms with Gasteiger partial charge in [0.15, 0.2) is 0 Å². The Kier molecular flexibility index (Phi) is 5.36. The summed E-state index contributed by atoms with van der Waals surface area (Å²) < 4.78 is 31.6. The minimum atomic E-state index is -3.22. The molecule has 2 aliphatic rings. The summed E-state index contributed by atoms with van der Waals surface area (Å²) in [5.74, 6) is 0.109. The van der Waals surface area contributed by atoms with Crippen LogP contribution in [-0.4, -0.2) is 73.3 Å². The van der Waals surface area contributed by atoms with Crippen LogP contribution in [0.5, 0.6) is 0 Å². The van der Waals surface area contributed by atoms with Crippen molar-refractivity contribution in [3.05, 3.63) is 0 Å². The second-order valence-electron chi connectivity index (χ2n) is 5.43. The second-order valence-corrected chi connectivity index (χ2v) is 7.91. The van der Waals surface area contributed by atoms with Gasteiger partial charge < -0.3 is 10.5 Å². The number of ether oxygens (including phenoxy) is 1. The zero-order valence-corrected chi connectivity index (χ0v) is 13.5. The molecule has 0 bridgehead atoms. The lowest BCUT2D eigenvalue weighted by Gasteiger charge is -2.37. The molecule has 0 spiro atoms. The third-order valence-electron chi connectivity index (χ3n) is 4.05. The van der Waals surface area contributed by atoms with Gasteiger partial charge in [0.05, 0.1) is 22.9 Å². The maximum atomic E-state index is 12.3. The fourth-order valence-electron chi connectivity index (χ4n) is 2.67. The topological polar surface area (TPSA) is 75.9 Å². The normalized spacial score (nSPS) is 27.6. The molecule has 2 aliphatic heterocycles. The van der Waals surface area contributed by atoms with Gasteiger partial charge in [0, 0.05) is 32.8 Å². The van der Waals surface area contributed by atoms with E-state index in [2.05, 4.69) is 4.90 Å². The first kappa shape index (κ1) is 16.1. The van der Waals surface area contributed by atoms with Crippen LogP contribution in [-0.2, 0) is 14.8 Å². The summed E-state index contributed by atoms with van der Waals surface area (Å²) >= 11 is 4.99. The van der Waals surface area contributed by atoms with Crippen molar-refractivity contribution in [3.8, 4) is 0 Å². The zero-order chi connectivity index (χ0) is 14.8. The number of rotatable bonds is 5. The first-order chi connectivity index (χ1) is 9.40. The molecule has 0 aliphatic carbocycles. The van der Waals surface area contributed by atoms with Gasteiger partial charge in [-0.15, -0.1) is 0 Å². The first-order valence-electron chi connectivity index (χ1n) is 7.03. The Bertz CT molecular complexity index is 441. The van der Waals surface area contributed by atoms with E-state index in [4.69, 9.17) is 22.7 Å². The van der Waals surface area contributed by atoms with E-state index in [1.54, 1.807) is 4.31 Å². The van der Waals surface area contributed by atoms with E-state index < -0.39 is 10.0 Å². The fourth-order valence-corrected chi connectivity index (χ4v) is 4.48. The van der Waals surface area contributed by atoms with Crippen LogP contribution >= 0.6 is 12.2 Å². The number of nitrogens with two attached hydrogens (primary N) is 1. The van der Waals surface area contributed by atoms with Crippen molar-refractivity contribution in [3.63, 3.8) is 0 Å². The first-order valence-corrected chi connectivity index (χ1v) is 9.04. The molecule has 0 radical (unpaired) electrons. The molecule has 2 atom stereocenters. The number of hydrogen-bond acceptors (Lipinski definition) is 5. The molecule has 8 heteroatoms. The van der Waals surface area contributed by atoms with Crippen LogP contribution < -0.4 is 5.73 Å². The maximum Gasteiger partial charge on any atom is 0.216 e. The Hall–Kier alpha value is -0.280. The number of sulfonamides is 1. The molecule has 0 aromatic carbocycles. The van der Waals surface area contributed by atoms with E-state index in [-0.39, 0.29) is 17.9 Å². The summed E-state index contributed by atoms with van der Waals surface area (Å²) in [5, 5.41) is 0. The molecule has 2 N–H and O–H groups in total. The Morgan fingerprint density at radius 1 is 1.40 bits per heavy atom. The molecule has 2 heterocycles. The van der Waals surface area contributed by atoms with Gasteiger partial charge in [0.1, 0.15) is 0 Å². The summed E-state index contributed by atoms with van der Waals surface area (Å²) in [6.45, 7) is 4.98. The molecular weight excluding hydrogens is 298 g/mol. The van der Waals surface area contributed by atoms with E-state index in [9.17, 15) is 8.42 Å². The quantitative estimate of drug-likeness (QED) is 0.706. The number of thiocarbonyl (C=S) groups is 1. The molecule has 116 valence electrons. The van der Waals surface area contributed by atoms with E-state index in [1.165, 1.54) is 0 Å². The van der Waals surface area contributed by atoms with Gasteiger partial charge in [-0.3, -0.25) is 4.90 Å². The van der Waals surface area contributed by atoms with Gasteiger partial charge >= 0.3 is 0 Å². The van der Waals surface area contributed by atoms with Crippen molar-refractivity contribution < 1.29 is 13.2 Å². The van der Waals surface area contributed by atoms with E-state index in [0.29, 0.717) is 37.8 Å². The standard InChI is InChI=1S/C12H23N3O3S2/c1-10(12(13)19)14-4-6-15(7-5-14)20(16,17)9-11-3-2-8-18-11/h10-11H,2-9H2,1H3,(H2,13,19). The third-order valence-corrected chi connectivity index (χ3v) is 6.33.